The fourth-order valence-corrected chi connectivity index (χ4v) is 3.80. The molecule has 1 saturated carbocycles. The Labute approximate surface area is 178 Å². The molecule has 2 aromatic carbocycles. The molecule has 2 amide bonds. The first-order valence-electron chi connectivity index (χ1n) is 10.4. The van der Waals surface area contributed by atoms with Crippen LogP contribution in [0.5, 0.6) is 5.75 Å². The Hall–Kier alpha value is -3.42. The molecular weight excluding hydrogens is 402 g/mol. The molecule has 1 aliphatic heterocycles. The quantitative estimate of drug-likeness (QED) is 0.616. The van der Waals surface area contributed by atoms with Gasteiger partial charge in [0.05, 0.1) is 24.1 Å². The Bertz CT molecular complexity index is 1130. The Morgan fingerprint density at radius 2 is 2.10 bits per heavy atom. The zero-order valence-electron chi connectivity index (χ0n) is 16.8. The molecule has 0 unspecified atom stereocenters. The zero-order chi connectivity index (χ0) is 21.4. The van der Waals surface area contributed by atoms with Gasteiger partial charge in [-0.15, -0.1) is 0 Å². The van der Waals surface area contributed by atoms with Gasteiger partial charge in [-0.05, 0) is 60.6 Å². The van der Waals surface area contributed by atoms with Gasteiger partial charge >= 0.3 is 6.03 Å². The van der Waals surface area contributed by atoms with Gasteiger partial charge < -0.3 is 10.1 Å². The summed E-state index contributed by atoms with van der Waals surface area (Å²) in [5.41, 5.74) is 2.44. The number of carbonyl (C=O) groups excluding carboxylic acids is 1. The third kappa shape index (κ3) is 4.10. The van der Waals surface area contributed by atoms with Crippen LogP contribution in [-0.4, -0.2) is 29.4 Å². The number of amides is 2. The van der Waals surface area contributed by atoms with Crippen LogP contribution in [0.2, 0.25) is 0 Å². The van der Waals surface area contributed by atoms with E-state index < -0.39 is 11.8 Å². The van der Waals surface area contributed by atoms with E-state index in [1.165, 1.54) is 30.0 Å². The van der Waals surface area contributed by atoms with Crippen LogP contribution in [0.3, 0.4) is 0 Å². The first-order chi connectivity index (χ1) is 15.1. The molecule has 8 heteroatoms. The van der Waals surface area contributed by atoms with E-state index in [1.807, 2.05) is 24.3 Å². The number of anilines is 1. The maximum absolute atomic E-state index is 14.7. The average Bonchev–Trinajstić information content (AvgIpc) is 3.37. The number of hydrogen-bond donors (Lipinski definition) is 2. The molecule has 0 saturated heterocycles. The number of carbonyl (C=O) groups is 1. The molecule has 1 fully saturated rings. The van der Waals surface area contributed by atoms with E-state index in [2.05, 4.69) is 15.5 Å². The van der Waals surface area contributed by atoms with Crippen molar-refractivity contribution < 1.29 is 18.3 Å². The van der Waals surface area contributed by atoms with Crippen LogP contribution >= 0.6 is 0 Å². The smallest absolute Gasteiger partial charge is 0.322 e. The number of ether oxygens (including phenoxy) is 1. The highest BCUT2D eigenvalue weighted by Gasteiger charge is 2.27. The number of aromatic amines is 1. The Morgan fingerprint density at radius 1 is 1.23 bits per heavy atom. The Balaban J connectivity index is 1.26. The zero-order valence-corrected chi connectivity index (χ0v) is 16.8. The molecule has 2 N–H and O–H groups in total. The van der Waals surface area contributed by atoms with Crippen LogP contribution in [0, 0.1) is 17.7 Å². The van der Waals surface area contributed by atoms with Crippen molar-refractivity contribution in [1.82, 2.24) is 15.5 Å². The van der Waals surface area contributed by atoms with E-state index in [9.17, 15) is 13.6 Å². The van der Waals surface area contributed by atoms with Crippen LogP contribution in [0.4, 0.5) is 19.3 Å². The van der Waals surface area contributed by atoms with E-state index in [0.29, 0.717) is 31.1 Å². The predicted octanol–water partition coefficient (Wildman–Crippen LogP) is 4.42. The summed E-state index contributed by atoms with van der Waals surface area (Å²) in [6, 6.07) is 10.2. The molecule has 3 aromatic rings. The maximum Gasteiger partial charge on any atom is 0.322 e. The van der Waals surface area contributed by atoms with Crippen molar-refractivity contribution >= 4 is 11.7 Å². The third-order valence-electron chi connectivity index (χ3n) is 5.72. The number of rotatable bonds is 6. The number of fused-ring (bicyclic) bond motifs is 1. The lowest BCUT2D eigenvalue weighted by Crippen LogP contribution is -2.38. The predicted molar refractivity (Wildman–Crippen MR) is 112 cm³/mol. The summed E-state index contributed by atoms with van der Waals surface area (Å²) in [7, 11) is 0. The lowest BCUT2D eigenvalue weighted by molar-refractivity contribution is 0.246. The molecule has 0 bridgehead atoms. The number of urea groups is 1. The minimum absolute atomic E-state index is 0.0759. The second-order valence-electron chi connectivity index (χ2n) is 8.02. The largest absolute Gasteiger partial charge is 0.493 e. The normalized spacial score (nSPS) is 15.1. The van der Waals surface area contributed by atoms with Crippen LogP contribution in [0.1, 0.15) is 24.0 Å². The fourth-order valence-electron chi connectivity index (χ4n) is 3.80. The fraction of sp³-hybridized carbons (Fsp3) is 0.304. The minimum Gasteiger partial charge on any atom is -0.493 e. The van der Waals surface area contributed by atoms with Gasteiger partial charge in [-0.2, -0.15) is 9.49 Å². The van der Waals surface area contributed by atoms with Crippen molar-refractivity contribution in [1.29, 1.82) is 0 Å². The van der Waals surface area contributed by atoms with E-state index in [0.717, 1.165) is 23.5 Å². The first-order valence-corrected chi connectivity index (χ1v) is 10.4. The number of aromatic nitrogens is 2. The van der Waals surface area contributed by atoms with Crippen LogP contribution < -0.4 is 15.0 Å². The molecule has 2 heterocycles. The molecular formula is C23H22F2N4O2. The number of nitrogens with one attached hydrogen (secondary N) is 2. The number of benzene rings is 2. The van der Waals surface area contributed by atoms with Gasteiger partial charge in [0.2, 0.25) is 5.95 Å². The van der Waals surface area contributed by atoms with Crippen LogP contribution in [-0.2, 0) is 13.0 Å². The monoisotopic (exact) mass is 424 g/mol. The van der Waals surface area contributed by atoms with E-state index in [1.54, 1.807) is 6.07 Å². The summed E-state index contributed by atoms with van der Waals surface area (Å²) in [6.07, 6.45) is 4.28. The molecule has 1 aliphatic carbocycles. The maximum atomic E-state index is 14.7. The van der Waals surface area contributed by atoms with E-state index in [-0.39, 0.29) is 17.2 Å². The molecule has 0 radical (unpaired) electrons. The second kappa shape index (κ2) is 8.02. The molecule has 31 heavy (non-hydrogen) atoms. The van der Waals surface area contributed by atoms with Gasteiger partial charge in [0, 0.05) is 18.7 Å². The topological polar surface area (TPSA) is 70.2 Å². The van der Waals surface area contributed by atoms with Crippen LogP contribution in [0.25, 0.3) is 11.1 Å². The molecule has 160 valence electrons. The third-order valence-corrected chi connectivity index (χ3v) is 5.72. The highest BCUT2D eigenvalue weighted by molar-refractivity contribution is 5.94. The molecule has 2 aliphatic rings. The van der Waals surface area contributed by atoms with Crippen molar-refractivity contribution in [3.05, 3.63) is 65.5 Å². The number of H-pyrrole nitrogens is 1. The van der Waals surface area contributed by atoms with Crippen molar-refractivity contribution in [3.63, 3.8) is 0 Å². The standard InChI is InChI=1S/C23H22F2N4O2/c24-20-10-21-16(9-18(20)19-12-27-28-22(19)25)6-7-29(21)23(30)26-11-15-2-1-3-17(8-15)31-13-14-4-5-14/h1-3,8-10,12,14H,4-7,11,13H2,(H,26,30)(H,27,28). The summed E-state index contributed by atoms with van der Waals surface area (Å²) < 4.78 is 34.2. The number of halogens is 2. The minimum atomic E-state index is -0.685. The molecule has 0 atom stereocenters. The summed E-state index contributed by atoms with van der Waals surface area (Å²) in [6.45, 7) is 1.51. The van der Waals surface area contributed by atoms with Gasteiger partial charge in [0.25, 0.3) is 0 Å². The van der Waals surface area contributed by atoms with Gasteiger partial charge in [-0.25, -0.2) is 9.18 Å². The lowest BCUT2D eigenvalue weighted by atomic mass is 10.0. The van der Waals surface area contributed by atoms with Crippen molar-refractivity contribution in [3.8, 4) is 16.9 Å². The molecule has 1 aromatic heterocycles. The molecule has 0 spiro atoms. The SMILES string of the molecule is O=C(NCc1cccc(OCC2CC2)c1)N1CCc2cc(-c3cn[nH]c3F)c(F)cc21. The summed E-state index contributed by atoms with van der Waals surface area (Å²) in [5.74, 6) is 0.185. The van der Waals surface area contributed by atoms with Gasteiger partial charge in [0.1, 0.15) is 11.6 Å². The van der Waals surface area contributed by atoms with Gasteiger partial charge in [0.15, 0.2) is 0 Å². The van der Waals surface area contributed by atoms with Crippen molar-refractivity contribution in [2.24, 2.45) is 5.92 Å². The average molecular weight is 424 g/mol. The van der Waals surface area contributed by atoms with E-state index in [4.69, 9.17) is 4.74 Å². The number of nitrogens with zero attached hydrogens (tertiary/aromatic N) is 2. The Morgan fingerprint density at radius 3 is 2.87 bits per heavy atom. The van der Waals surface area contributed by atoms with Crippen molar-refractivity contribution in [2.75, 3.05) is 18.1 Å². The lowest BCUT2D eigenvalue weighted by Gasteiger charge is -2.19. The highest BCUT2D eigenvalue weighted by atomic mass is 19.1. The van der Waals surface area contributed by atoms with Crippen LogP contribution in [0.15, 0.2) is 42.6 Å². The van der Waals surface area contributed by atoms with Gasteiger partial charge in [-0.3, -0.25) is 10.00 Å². The molecule has 5 rings (SSSR count). The summed E-state index contributed by atoms with van der Waals surface area (Å²) in [4.78, 5) is 14.3. The number of hydrogen-bond acceptors (Lipinski definition) is 3. The highest BCUT2D eigenvalue weighted by Crippen LogP contribution is 2.35. The molecule has 6 nitrogen and oxygen atoms in total. The first kappa shape index (κ1) is 19.5. The second-order valence-corrected chi connectivity index (χ2v) is 8.02. The van der Waals surface area contributed by atoms with E-state index >= 15 is 0 Å². The summed E-state index contributed by atoms with van der Waals surface area (Å²) in [5, 5.41) is 8.67. The Kier molecular flexibility index (Phi) is 5.05. The van der Waals surface area contributed by atoms with Gasteiger partial charge in [-0.1, -0.05) is 12.1 Å². The summed E-state index contributed by atoms with van der Waals surface area (Å²) >= 11 is 0. The van der Waals surface area contributed by atoms with Crippen molar-refractivity contribution in [2.45, 2.75) is 25.8 Å².